The minimum Gasteiger partial charge on any atom is -0.394 e. The van der Waals surface area contributed by atoms with Gasteiger partial charge in [0.15, 0.2) is 0 Å². The van der Waals surface area contributed by atoms with E-state index in [2.05, 4.69) is 5.10 Å². The highest BCUT2D eigenvalue weighted by atomic mass is 19.1. The Kier molecular flexibility index (Phi) is 3.50. The molecule has 0 spiro atoms. The van der Waals surface area contributed by atoms with Crippen LogP contribution in [0.15, 0.2) is 53.3 Å². The van der Waals surface area contributed by atoms with E-state index in [1.807, 2.05) is 12.1 Å². The van der Waals surface area contributed by atoms with Crippen molar-refractivity contribution in [2.24, 2.45) is 0 Å². The van der Waals surface area contributed by atoms with E-state index < -0.39 is 0 Å². The first kappa shape index (κ1) is 13.5. The summed E-state index contributed by atoms with van der Waals surface area (Å²) in [5.41, 5.74) is 1.07. The summed E-state index contributed by atoms with van der Waals surface area (Å²) in [7, 11) is 0. The van der Waals surface area contributed by atoms with Crippen LogP contribution in [0.5, 0.6) is 0 Å². The van der Waals surface area contributed by atoms with Gasteiger partial charge in [-0.2, -0.15) is 5.10 Å². The van der Waals surface area contributed by atoms with E-state index in [4.69, 9.17) is 5.11 Å². The van der Waals surface area contributed by atoms with Gasteiger partial charge in [-0.25, -0.2) is 9.07 Å². The van der Waals surface area contributed by atoms with Crippen molar-refractivity contribution >= 4 is 10.8 Å². The standard InChI is InChI=1S/C16H13FN2O2/c17-12-7-5-11(6-8-12)15-13-3-1-2-4-14(13)16(21)19(18-15)9-10-20/h1-8,20H,9-10H2. The molecule has 0 bridgehead atoms. The second kappa shape index (κ2) is 5.46. The molecule has 0 fully saturated rings. The van der Waals surface area contributed by atoms with Gasteiger partial charge in [-0.1, -0.05) is 18.2 Å². The molecule has 2 aromatic carbocycles. The molecule has 3 aromatic rings. The second-order valence-electron chi connectivity index (χ2n) is 4.65. The van der Waals surface area contributed by atoms with Crippen LogP contribution >= 0.6 is 0 Å². The average molecular weight is 284 g/mol. The Morgan fingerprint density at radius 2 is 1.71 bits per heavy atom. The van der Waals surface area contributed by atoms with Crippen LogP contribution in [0.4, 0.5) is 4.39 Å². The maximum absolute atomic E-state index is 13.1. The molecule has 0 aliphatic carbocycles. The fourth-order valence-corrected chi connectivity index (χ4v) is 2.30. The highest BCUT2D eigenvalue weighted by Gasteiger charge is 2.11. The maximum atomic E-state index is 13.1. The van der Waals surface area contributed by atoms with E-state index >= 15 is 0 Å². The van der Waals surface area contributed by atoms with E-state index in [1.54, 1.807) is 24.3 Å². The maximum Gasteiger partial charge on any atom is 0.274 e. The molecular formula is C16H13FN2O2. The van der Waals surface area contributed by atoms with Crippen molar-refractivity contribution in [2.75, 3.05) is 6.61 Å². The third-order valence-corrected chi connectivity index (χ3v) is 3.30. The van der Waals surface area contributed by atoms with Gasteiger partial charge >= 0.3 is 0 Å². The third kappa shape index (κ3) is 2.43. The molecule has 4 nitrogen and oxygen atoms in total. The van der Waals surface area contributed by atoms with E-state index in [-0.39, 0.29) is 24.5 Å². The van der Waals surface area contributed by atoms with Crippen molar-refractivity contribution in [3.63, 3.8) is 0 Å². The van der Waals surface area contributed by atoms with Crippen molar-refractivity contribution in [3.05, 3.63) is 64.7 Å². The first-order valence-electron chi connectivity index (χ1n) is 6.57. The summed E-state index contributed by atoms with van der Waals surface area (Å²) in [4.78, 5) is 12.3. The molecule has 106 valence electrons. The number of aliphatic hydroxyl groups excluding tert-OH is 1. The van der Waals surface area contributed by atoms with Gasteiger partial charge < -0.3 is 5.11 Å². The number of aromatic nitrogens is 2. The van der Waals surface area contributed by atoms with Crippen LogP contribution in [0.25, 0.3) is 22.0 Å². The van der Waals surface area contributed by atoms with Crippen molar-refractivity contribution < 1.29 is 9.50 Å². The predicted octanol–water partition coefficient (Wildman–Crippen LogP) is 2.19. The monoisotopic (exact) mass is 284 g/mol. The van der Waals surface area contributed by atoms with E-state index in [0.29, 0.717) is 16.5 Å². The van der Waals surface area contributed by atoms with E-state index in [1.165, 1.54) is 16.8 Å². The number of hydrogen-bond donors (Lipinski definition) is 1. The van der Waals surface area contributed by atoms with Crippen LogP contribution in [0.3, 0.4) is 0 Å². The highest BCUT2D eigenvalue weighted by Crippen LogP contribution is 2.24. The fourth-order valence-electron chi connectivity index (χ4n) is 2.30. The second-order valence-corrected chi connectivity index (χ2v) is 4.65. The number of halogens is 1. The zero-order valence-corrected chi connectivity index (χ0v) is 11.2. The molecule has 3 rings (SSSR count). The van der Waals surface area contributed by atoms with Crippen LogP contribution in [0.2, 0.25) is 0 Å². The molecule has 0 radical (unpaired) electrons. The van der Waals surface area contributed by atoms with Gasteiger partial charge in [-0.3, -0.25) is 4.79 Å². The summed E-state index contributed by atoms with van der Waals surface area (Å²) < 4.78 is 14.3. The van der Waals surface area contributed by atoms with Gasteiger partial charge in [0.2, 0.25) is 0 Å². The highest BCUT2D eigenvalue weighted by molar-refractivity contribution is 5.93. The predicted molar refractivity (Wildman–Crippen MR) is 78.5 cm³/mol. The summed E-state index contributed by atoms with van der Waals surface area (Å²) in [6.07, 6.45) is 0. The molecule has 21 heavy (non-hydrogen) atoms. The van der Waals surface area contributed by atoms with Crippen molar-refractivity contribution in [1.82, 2.24) is 9.78 Å². The van der Waals surface area contributed by atoms with Crippen LogP contribution in [-0.2, 0) is 6.54 Å². The quantitative estimate of drug-likeness (QED) is 0.802. The van der Waals surface area contributed by atoms with Crippen LogP contribution in [0, 0.1) is 5.82 Å². The lowest BCUT2D eigenvalue weighted by atomic mass is 10.1. The van der Waals surface area contributed by atoms with E-state index in [9.17, 15) is 9.18 Å². The van der Waals surface area contributed by atoms with E-state index in [0.717, 1.165) is 5.56 Å². The molecule has 1 N–H and O–H groups in total. The number of hydrogen-bond acceptors (Lipinski definition) is 3. The van der Waals surface area contributed by atoms with Crippen LogP contribution < -0.4 is 5.56 Å². The SMILES string of the molecule is O=c1c2ccccc2c(-c2ccc(F)cc2)nn1CCO. The first-order valence-corrected chi connectivity index (χ1v) is 6.57. The van der Waals surface area contributed by atoms with Crippen LogP contribution in [0.1, 0.15) is 0 Å². The lowest BCUT2D eigenvalue weighted by Gasteiger charge is -2.10. The summed E-state index contributed by atoms with van der Waals surface area (Å²) in [6, 6.07) is 13.1. The lowest BCUT2D eigenvalue weighted by molar-refractivity contribution is 0.267. The molecule has 1 heterocycles. The first-order chi connectivity index (χ1) is 10.2. The Bertz CT molecular complexity index is 841. The smallest absolute Gasteiger partial charge is 0.274 e. The normalized spacial score (nSPS) is 11.0. The Morgan fingerprint density at radius 3 is 2.38 bits per heavy atom. The number of nitrogens with zero attached hydrogens (tertiary/aromatic N) is 2. The fraction of sp³-hybridized carbons (Fsp3) is 0.125. The molecule has 0 saturated carbocycles. The zero-order chi connectivity index (χ0) is 14.8. The lowest BCUT2D eigenvalue weighted by Crippen LogP contribution is -2.25. The Balaban J connectivity index is 2.33. The third-order valence-electron chi connectivity index (χ3n) is 3.30. The summed E-state index contributed by atoms with van der Waals surface area (Å²) >= 11 is 0. The van der Waals surface area contributed by atoms with Gasteiger partial charge in [0.25, 0.3) is 5.56 Å². The zero-order valence-electron chi connectivity index (χ0n) is 11.2. The molecule has 0 aliphatic rings. The summed E-state index contributed by atoms with van der Waals surface area (Å²) in [6.45, 7) is -0.0496. The Morgan fingerprint density at radius 1 is 1.05 bits per heavy atom. The van der Waals surface area contributed by atoms with Gasteiger partial charge in [-0.05, 0) is 30.3 Å². The van der Waals surface area contributed by atoms with Gasteiger partial charge in [0.1, 0.15) is 5.82 Å². The molecule has 5 heteroatoms. The molecule has 0 amide bonds. The molecule has 0 atom stereocenters. The number of rotatable bonds is 3. The number of benzene rings is 2. The largest absolute Gasteiger partial charge is 0.394 e. The molecule has 0 aliphatic heterocycles. The molecule has 1 aromatic heterocycles. The van der Waals surface area contributed by atoms with Crippen molar-refractivity contribution in [1.29, 1.82) is 0 Å². The minimum atomic E-state index is -0.327. The molecule has 0 unspecified atom stereocenters. The number of aliphatic hydroxyl groups is 1. The Hall–Kier alpha value is -2.53. The topological polar surface area (TPSA) is 55.1 Å². The molecular weight excluding hydrogens is 271 g/mol. The average Bonchev–Trinajstić information content (AvgIpc) is 2.51. The van der Waals surface area contributed by atoms with Gasteiger partial charge in [0.05, 0.1) is 24.2 Å². The van der Waals surface area contributed by atoms with Gasteiger partial charge in [0, 0.05) is 10.9 Å². The summed E-state index contributed by atoms with van der Waals surface area (Å²) in [5, 5.41) is 14.6. The summed E-state index contributed by atoms with van der Waals surface area (Å²) in [5.74, 6) is -0.327. The minimum absolute atomic E-state index is 0.123. The Labute approximate surface area is 120 Å². The van der Waals surface area contributed by atoms with Gasteiger partial charge in [-0.15, -0.1) is 0 Å². The van der Waals surface area contributed by atoms with Crippen molar-refractivity contribution in [3.8, 4) is 11.3 Å². The number of fused-ring (bicyclic) bond motifs is 1. The molecule has 0 saturated heterocycles. The van der Waals surface area contributed by atoms with Crippen LogP contribution in [-0.4, -0.2) is 21.5 Å². The van der Waals surface area contributed by atoms with Crippen molar-refractivity contribution in [2.45, 2.75) is 6.54 Å².